The number of carboxylic acids is 1. The van der Waals surface area contributed by atoms with Crippen molar-refractivity contribution in [3.63, 3.8) is 0 Å². The third-order valence-corrected chi connectivity index (χ3v) is 24.6. The SMILES string of the molecule is Brc1cccc2cnc(C3(c4ccccc4)CC3)nc12.C.C.C.C=C(B(O)O)c1ccccc1.C=C(OCCCC)c1cccc2cnc(C3(c4ccccc4)CC3)nc12.C=C(c1ccccc1)c1ncc2cccc(Br)c2n1.C=CC.CC(=O)O.CC(C)(C)[O-].CCO.Clc1ncc2cccc(Br)c2n1.N.O=C1CCNC(=O)C1.O=C1NCCc2[nH]c(-c3cccc4cnc(C5(c6ccccc6)CC5)nc34)cc21.[K+]. The molecule has 1 saturated heterocycles. The van der Waals surface area contributed by atoms with E-state index in [4.69, 9.17) is 66.3 Å². The number of aromatic nitrogens is 11. The number of aliphatic hydroxyl groups excluding tert-OH is 1. The van der Waals surface area contributed by atoms with Crippen LogP contribution in [0.2, 0.25) is 5.28 Å². The molecule has 8 heterocycles. The summed E-state index contributed by atoms with van der Waals surface area (Å²) in [5, 5.41) is 53.4. The Labute approximate surface area is 924 Å². The average molecular weight is 2190 g/mol. The number of H-pyrrole nitrogens is 1. The van der Waals surface area contributed by atoms with Crippen molar-refractivity contribution in [2.24, 2.45) is 0 Å². The van der Waals surface area contributed by atoms with E-state index in [1.165, 1.54) is 16.7 Å². The fourth-order valence-electron chi connectivity index (χ4n) is 15.1. The molecule has 3 aliphatic carbocycles. The Hall–Kier alpha value is -11.7. The number of hydrogen-bond acceptors (Lipinski definition) is 20. The van der Waals surface area contributed by atoms with Gasteiger partial charge in [0.15, 0.2) is 5.82 Å². The number of carboxylic acid groups (broad SMARTS) is 1. The molecule has 4 fully saturated rings. The van der Waals surface area contributed by atoms with Crippen LogP contribution in [0.1, 0.15) is 208 Å². The number of nitrogens with zero attached hydrogens (tertiary/aromatic N) is 10. The molecule has 0 atom stereocenters. The molecule has 3 saturated carbocycles. The van der Waals surface area contributed by atoms with Crippen molar-refractivity contribution < 1.29 is 101 Å². The fourth-order valence-corrected chi connectivity index (χ4v) is 16.6. The number of para-hydroxylation sites is 5. The monoisotopic (exact) mass is 2190 g/mol. The zero-order chi connectivity index (χ0) is 101. The van der Waals surface area contributed by atoms with Gasteiger partial charge < -0.3 is 51.9 Å². The number of fused-ring (bicyclic) bond motifs is 6. The van der Waals surface area contributed by atoms with Crippen molar-refractivity contribution in [3.8, 4) is 11.3 Å². The van der Waals surface area contributed by atoms with Crippen molar-refractivity contribution in [1.29, 1.82) is 0 Å². The summed E-state index contributed by atoms with van der Waals surface area (Å²) >= 11 is 16.1. The van der Waals surface area contributed by atoms with Crippen LogP contribution >= 0.6 is 59.4 Å². The predicted octanol–water partition coefficient (Wildman–Crippen LogP) is 22.1. The summed E-state index contributed by atoms with van der Waals surface area (Å²) in [5.41, 5.74) is 15.3. The molecule has 6 aromatic heterocycles. The van der Waals surface area contributed by atoms with Crippen molar-refractivity contribution in [2.45, 2.75) is 163 Å². The van der Waals surface area contributed by atoms with Gasteiger partial charge >= 0.3 is 58.5 Å². The number of piperidine rings is 1. The number of aromatic amines is 1. The van der Waals surface area contributed by atoms with E-state index in [-0.39, 0.29) is 132 Å². The molecular formula is C115H128BBr3ClKN14O10. The Morgan fingerprint density at radius 1 is 0.524 bits per heavy atom. The number of hydrogen-bond donors (Lipinski definition) is 8. The Kier molecular flexibility index (Phi) is 49.7. The van der Waals surface area contributed by atoms with Gasteiger partial charge in [0.05, 0.1) is 62.4 Å². The molecule has 0 radical (unpaired) electrons. The van der Waals surface area contributed by atoms with Gasteiger partial charge in [-0.25, -0.2) is 49.8 Å². The number of nitrogens with one attached hydrogen (secondary N) is 3. The van der Waals surface area contributed by atoms with Crippen LogP contribution in [-0.2, 0) is 41.8 Å². The maximum absolute atomic E-state index is 12.2. The van der Waals surface area contributed by atoms with Crippen molar-refractivity contribution in [2.75, 3.05) is 26.3 Å². The molecule has 10 aromatic carbocycles. The van der Waals surface area contributed by atoms with Crippen LogP contribution in [0.5, 0.6) is 0 Å². The van der Waals surface area contributed by atoms with Gasteiger partial charge in [0.25, 0.3) is 11.9 Å². The van der Waals surface area contributed by atoms with Gasteiger partial charge in [0.2, 0.25) is 11.2 Å². The number of ether oxygens (including phenoxy) is 1. The molecule has 5 aliphatic rings. The third kappa shape index (κ3) is 34.4. The van der Waals surface area contributed by atoms with Crippen LogP contribution in [0.15, 0.2) is 326 Å². The second-order valence-corrected chi connectivity index (χ2v) is 37.2. The first-order valence-corrected chi connectivity index (χ1v) is 48.8. The van der Waals surface area contributed by atoms with Crippen molar-refractivity contribution in [3.05, 3.63) is 399 Å². The summed E-state index contributed by atoms with van der Waals surface area (Å²) in [7, 11) is -1.46. The number of allylic oxidation sites excluding steroid dienone is 1. The molecule has 2 amide bonds. The molecule has 16 aromatic rings. The summed E-state index contributed by atoms with van der Waals surface area (Å²) in [6.07, 6.45) is 21.2. The zero-order valence-corrected chi connectivity index (χ0v) is 89.7. The topological polar surface area (TPSA) is 385 Å². The summed E-state index contributed by atoms with van der Waals surface area (Å²) in [6.45, 7) is 29.0. The Morgan fingerprint density at radius 3 is 1.30 bits per heavy atom. The van der Waals surface area contributed by atoms with Gasteiger partial charge in [-0.3, -0.25) is 19.2 Å². The summed E-state index contributed by atoms with van der Waals surface area (Å²) < 4.78 is 8.78. The van der Waals surface area contributed by atoms with E-state index in [9.17, 15) is 19.5 Å². The fraction of sp³-hybridized carbons (Fsp3) is 0.252. The van der Waals surface area contributed by atoms with E-state index in [1.54, 1.807) is 52.1 Å². The third-order valence-electron chi connectivity index (χ3n) is 22.5. The largest absolute Gasteiger partial charge is 1.00 e. The molecule has 21 rings (SSSR count). The molecule has 0 spiro atoms. The molecule has 2 aliphatic heterocycles. The number of aliphatic hydroxyl groups is 1. The summed E-state index contributed by atoms with van der Waals surface area (Å²) in [5.74, 6) is 3.16. The first-order chi connectivity index (χ1) is 67.4. The summed E-state index contributed by atoms with van der Waals surface area (Å²) in [6, 6.07) is 82.8. The first-order valence-electron chi connectivity index (χ1n) is 46.0. The van der Waals surface area contributed by atoms with E-state index in [2.05, 4.69) is 213 Å². The number of amides is 2. The minimum absolute atomic E-state index is 0. The average Bonchev–Trinajstić information content (AvgIpc) is 1.58. The molecule has 10 N–H and O–H groups in total. The second kappa shape index (κ2) is 59.2. The van der Waals surface area contributed by atoms with E-state index >= 15 is 0 Å². The molecule has 750 valence electrons. The number of carbonyl (C=O) groups excluding carboxylic acids is 3. The van der Waals surface area contributed by atoms with Crippen LogP contribution in [0.4, 0.5) is 0 Å². The van der Waals surface area contributed by atoms with Crippen LogP contribution in [0.25, 0.3) is 82.6 Å². The number of unbranched alkanes of at least 4 members (excludes halogenated alkanes) is 1. The van der Waals surface area contributed by atoms with Gasteiger partial charge in [-0.05, 0) is 182 Å². The number of halogens is 4. The van der Waals surface area contributed by atoms with Gasteiger partial charge in [0, 0.05) is 139 Å². The zero-order valence-electron chi connectivity index (χ0n) is 81.1. The standard InChI is InChI=1S/C24H20N4O.C23H24N2O.C17H13BrN2.C16H11BrN2.C8H9BO2.C8H4BrClN2.C5H7NO2.C4H9O.C3H6.C2H4O2.C2H6O.3CH4.K.H3N/c29-22-18-13-20(27-19(18)9-12-25-22)17-8-4-5-15-14-26-23(28-21(15)17)24(10-11-24)16-6-2-1-3-7-16;1-3-4-15-26-17(2)20-12-8-9-18-16-24-22(25-21(18)20)23(13-14-23)19-10-6-5-7-11-19;18-14-8-4-5-12-11-19-16(20-15(12)14)17(9-10-17)13-6-2-1-3-7-13;1-11(12-6-3-2-4-7-12)16-18-10-13-8-5-9-14(17)15(13)19-16;1-7(9(10)11)8-5-3-2-4-6-8;9-6-3-1-2-5-4-11-8(10)12-7(5)6;7-4-1-2-6-5(8)3-4;1-4(2,3)5;1-3-2;1-2(3)4;1-2-3;;;;;/h1-8,13-14,27H,9-12H2,(H,25,29);5-12,16H,2-4,13-15H2,1H3;1-8,11H,9-10H2;2-10H,1H2;2-6,10-11H,1H2;1-4H;1-3H2,(H,6,8);1-3H3;3H,1H2,2H3;1H3,(H,3,4);3H,2H2,1H3;3*1H4;;1H3/q;;;;;;;-1;;;;;;;+1;. The smallest absolute Gasteiger partial charge is 0.850 e. The van der Waals surface area contributed by atoms with Crippen LogP contribution < -0.4 is 73.3 Å². The van der Waals surface area contributed by atoms with Crippen molar-refractivity contribution >= 4 is 161 Å². The number of benzene rings is 10. The Bertz CT molecular complexity index is 6950. The number of carbonyl (C=O) groups is 4. The Balaban J connectivity index is 0.000000258. The molecular weight excluding hydrogens is 2060 g/mol. The van der Waals surface area contributed by atoms with Crippen LogP contribution in [-0.4, -0.2) is 138 Å². The second-order valence-electron chi connectivity index (χ2n) is 34.3. The van der Waals surface area contributed by atoms with E-state index in [0.29, 0.717) is 43.2 Å². The molecule has 30 heteroatoms. The quantitative estimate of drug-likeness (QED) is 0.0111. The minimum Gasteiger partial charge on any atom is -0.850 e. The molecule has 24 nitrogen and oxygen atoms in total. The number of Topliss-reactive ketones (excluding diaryl/α,β-unsaturated/α-hetero) is 1. The van der Waals surface area contributed by atoms with Crippen LogP contribution in [0, 0.1) is 0 Å². The number of rotatable bonds is 16. The van der Waals surface area contributed by atoms with Crippen LogP contribution in [0.3, 0.4) is 0 Å². The maximum atomic E-state index is 12.2. The van der Waals surface area contributed by atoms with E-state index < -0.39 is 18.7 Å². The van der Waals surface area contributed by atoms with Gasteiger partial charge in [0.1, 0.15) is 29.0 Å². The van der Waals surface area contributed by atoms with Crippen molar-refractivity contribution in [1.82, 2.24) is 71.6 Å². The predicted molar refractivity (Wildman–Crippen MR) is 595 cm³/mol. The summed E-state index contributed by atoms with van der Waals surface area (Å²) in [4.78, 5) is 91.3. The maximum Gasteiger partial charge on any atom is 1.00 e. The Morgan fingerprint density at radius 2 is 0.890 bits per heavy atom. The van der Waals surface area contributed by atoms with Gasteiger partial charge in [-0.15, -0.1) is 12.2 Å². The molecule has 145 heavy (non-hydrogen) atoms. The first kappa shape index (κ1) is 122. The number of ketones is 1. The minimum atomic E-state index is -1.46. The van der Waals surface area contributed by atoms with E-state index in [1.807, 2.05) is 177 Å². The van der Waals surface area contributed by atoms with Gasteiger partial charge in [-0.2, -0.15) is 0 Å². The number of aliphatic carboxylic acids is 1. The van der Waals surface area contributed by atoms with Gasteiger partial charge in [-0.1, -0.05) is 301 Å². The molecule has 0 unspecified atom stereocenters. The normalized spacial score (nSPS) is 13.2. The molecule has 0 bridgehead atoms. The van der Waals surface area contributed by atoms with E-state index in [0.717, 1.165) is 195 Å².